The van der Waals surface area contributed by atoms with Gasteiger partial charge in [-0.2, -0.15) is 0 Å². The van der Waals surface area contributed by atoms with Crippen LogP contribution in [0.4, 0.5) is 5.69 Å². The van der Waals surface area contributed by atoms with Crippen molar-refractivity contribution in [1.82, 2.24) is 0 Å². The Balaban J connectivity index is 2.32. The second-order valence-corrected chi connectivity index (χ2v) is 5.77. The van der Waals surface area contributed by atoms with E-state index in [4.69, 9.17) is 41.2 Å². The van der Waals surface area contributed by atoms with Crippen molar-refractivity contribution in [3.05, 3.63) is 63.6 Å². The average molecular weight is 325 g/mol. The molecule has 0 radical (unpaired) electrons. The van der Waals surface area contributed by atoms with Gasteiger partial charge in [0.15, 0.2) is 0 Å². The van der Waals surface area contributed by atoms with E-state index in [9.17, 15) is 0 Å². The van der Waals surface area contributed by atoms with Crippen molar-refractivity contribution >= 4 is 46.1 Å². The lowest BCUT2D eigenvalue weighted by molar-refractivity contribution is 0.922. The van der Waals surface area contributed by atoms with Gasteiger partial charge in [0.2, 0.25) is 0 Å². The van der Waals surface area contributed by atoms with Crippen molar-refractivity contribution in [2.24, 2.45) is 5.73 Å². The van der Waals surface area contributed by atoms with Crippen molar-refractivity contribution in [3.8, 4) is 0 Å². The molecule has 0 heterocycles. The Hall–Kier alpha value is -1.29. The van der Waals surface area contributed by atoms with E-state index >= 15 is 0 Å². The zero-order valence-electron chi connectivity index (χ0n) is 10.9. The van der Waals surface area contributed by atoms with E-state index in [1.807, 2.05) is 48.3 Å². The van der Waals surface area contributed by atoms with Crippen LogP contribution in [0.3, 0.4) is 0 Å². The van der Waals surface area contributed by atoms with Crippen LogP contribution >= 0.6 is 35.4 Å². The molecule has 2 aromatic carbocycles. The van der Waals surface area contributed by atoms with Crippen LogP contribution in [0.15, 0.2) is 42.5 Å². The van der Waals surface area contributed by atoms with E-state index in [2.05, 4.69) is 0 Å². The van der Waals surface area contributed by atoms with E-state index in [-0.39, 0.29) is 0 Å². The third-order valence-electron chi connectivity index (χ3n) is 2.96. The molecule has 0 atom stereocenters. The molecular formula is C15H14Cl2N2S. The molecular weight excluding hydrogens is 311 g/mol. The minimum absolute atomic E-state index is 0.295. The molecule has 2 rings (SSSR count). The van der Waals surface area contributed by atoms with Gasteiger partial charge in [-0.1, -0.05) is 53.6 Å². The zero-order chi connectivity index (χ0) is 14.7. The molecule has 20 heavy (non-hydrogen) atoms. The molecule has 0 unspecified atom stereocenters. The first kappa shape index (κ1) is 15.1. The molecule has 0 saturated carbocycles. The maximum Gasteiger partial charge on any atom is 0.107 e. The summed E-state index contributed by atoms with van der Waals surface area (Å²) in [4.78, 5) is 2.34. The highest BCUT2D eigenvalue weighted by Crippen LogP contribution is 2.28. The molecule has 0 fully saturated rings. The molecule has 2 nitrogen and oxygen atoms in total. The molecule has 0 saturated heterocycles. The van der Waals surface area contributed by atoms with Gasteiger partial charge in [-0.15, -0.1) is 0 Å². The van der Waals surface area contributed by atoms with E-state index < -0.39 is 0 Å². The summed E-state index contributed by atoms with van der Waals surface area (Å²) in [6, 6.07) is 13.4. The van der Waals surface area contributed by atoms with Crippen LogP contribution in [-0.2, 0) is 6.54 Å². The highest BCUT2D eigenvalue weighted by atomic mass is 35.5. The Bertz CT molecular complexity index is 644. The normalized spacial score (nSPS) is 10.3. The van der Waals surface area contributed by atoms with Gasteiger partial charge < -0.3 is 10.6 Å². The first-order valence-electron chi connectivity index (χ1n) is 6.03. The van der Waals surface area contributed by atoms with Gasteiger partial charge in [0.05, 0.1) is 10.6 Å². The lowest BCUT2D eigenvalue weighted by atomic mass is 10.1. The summed E-state index contributed by atoms with van der Waals surface area (Å²) >= 11 is 17.3. The lowest BCUT2D eigenvalue weighted by Crippen LogP contribution is -2.21. The highest BCUT2D eigenvalue weighted by Gasteiger charge is 2.13. The van der Waals surface area contributed by atoms with Gasteiger partial charge in [0.25, 0.3) is 0 Å². The van der Waals surface area contributed by atoms with Gasteiger partial charge in [0.1, 0.15) is 4.99 Å². The second kappa shape index (κ2) is 6.44. The predicted octanol–water partition coefficient (Wildman–Crippen LogP) is 4.26. The topological polar surface area (TPSA) is 29.3 Å². The molecule has 0 spiro atoms. The van der Waals surface area contributed by atoms with E-state index in [1.165, 1.54) is 0 Å². The van der Waals surface area contributed by atoms with Gasteiger partial charge in [-0.3, -0.25) is 0 Å². The molecule has 2 N–H and O–H groups in total. The average Bonchev–Trinajstić information content (AvgIpc) is 2.37. The number of hydrogen-bond donors (Lipinski definition) is 1. The smallest absolute Gasteiger partial charge is 0.107 e. The Morgan fingerprint density at radius 1 is 1.20 bits per heavy atom. The summed E-state index contributed by atoms with van der Waals surface area (Å²) < 4.78 is 0. The highest BCUT2D eigenvalue weighted by molar-refractivity contribution is 7.80. The lowest BCUT2D eigenvalue weighted by Gasteiger charge is -2.23. The largest absolute Gasteiger partial charge is 0.389 e. The third-order valence-corrected chi connectivity index (χ3v) is 3.71. The molecule has 5 heteroatoms. The van der Waals surface area contributed by atoms with Gasteiger partial charge in [-0.25, -0.2) is 0 Å². The van der Waals surface area contributed by atoms with Crippen LogP contribution in [0.1, 0.15) is 11.1 Å². The Kier molecular flexibility index (Phi) is 4.86. The van der Waals surface area contributed by atoms with Gasteiger partial charge >= 0.3 is 0 Å². The standard InChI is InChI=1S/C15H14Cl2N2S/c1-19(9-10-4-2-5-11(16)8-10)13-7-3-6-12(17)14(13)15(18)20/h2-8H,9H2,1H3,(H2,18,20). The molecule has 0 aliphatic rings. The fourth-order valence-corrected chi connectivity index (χ4v) is 2.82. The summed E-state index contributed by atoms with van der Waals surface area (Å²) in [5, 5.41) is 1.28. The number of thiocarbonyl (C=S) groups is 1. The molecule has 0 aliphatic carbocycles. The minimum Gasteiger partial charge on any atom is -0.389 e. The Morgan fingerprint density at radius 2 is 1.90 bits per heavy atom. The van der Waals surface area contributed by atoms with Crippen LogP contribution in [0, 0.1) is 0 Å². The van der Waals surface area contributed by atoms with E-state index in [0.717, 1.165) is 16.3 Å². The third kappa shape index (κ3) is 3.42. The Morgan fingerprint density at radius 3 is 2.55 bits per heavy atom. The first-order valence-corrected chi connectivity index (χ1v) is 7.19. The molecule has 0 amide bonds. The van der Waals surface area contributed by atoms with Gasteiger partial charge in [0, 0.05) is 24.3 Å². The van der Waals surface area contributed by atoms with Gasteiger partial charge in [-0.05, 0) is 29.8 Å². The number of rotatable bonds is 4. The van der Waals surface area contributed by atoms with Crippen LogP contribution in [0.25, 0.3) is 0 Å². The molecule has 0 aliphatic heterocycles. The molecule has 0 aromatic heterocycles. The quantitative estimate of drug-likeness (QED) is 0.852. The predicted molar refractivity (Wildman–Crippen MR) is 90.9 cm³/mol. The zero-order valence-corrected chi connectivity index (χ0v) is 13.3. The fourth-order valence-electron chi connectivity index (χ4n) is 2.07. The maximum atomic E-state index is 6.18. The SMILES string of the molecule is CN(Cc1cccc(Cl)c1)c1cccc(Cl)c1C(N)=S. The summed E-state index contributed by atoms with van der Waals surface area (Å²) in [6.45, 7) is 0.691. The van der Waals surface area contributed by atoms with Crippen molar-refractivity contribution in [1.29, 1.82) is 0 Å². The van der Waals surface area contributed by atoms with Crippen molar-refractivity contribution in [3.63, 3.8) is 0 Å². The number of halogens is 2. The molecule has 0 bridgehead atoms. The summed E-state index contributed by atoms with van der Waals surface area (Å²) in [6.07, 6.45) is 0. The molecule has 2 aromatic rings. The summed E-state index contributed by atoms with van der Waals surface area (Å²) in [7, 11) is 1.97. The summed E-state index contributed by atoms with van der Waals surface area (Å²) in [5.41, 5.74) is 8.49. The van der Waals surface area contributed by atoms with Crippen LogP contribution in [0.5, 0.6) is 0 Å². The maximum absolute atomic E-state index is 6.18. The van der Waals surface area contributed by atoms with E-state index in [0.29, 0.717) is 22.1 Å². The number of nitrogens with zero attached hydrogens (tertiary/aromatic N) is 1. The number of benzene rings is 2. The van der Waals surface area contributed by atoms with Crippen molar-refractivity contribution in [2.75, 3.05) is 11.9 Å². The van der Waals surface area contributed by atoms with E-state index in [1.54, 1.807) is 6.07 Å². The number of hydrogen-bond acceptors (Lipinski definition) is 2. The van der Waals surface area contributed by atoms with Crippen LogP contribution in [0.2, 0.25) is 10.0 Å². The minimum atomic E-state index is 0.295. The van der Waals surface area contributed by atoms with Crippen LogP contribution in [-0.4, -0.2) is 12.0 Å². The number of nitrogens with two attached hydrogens (primary N) is 1. The fraction of sp³-hybridized carbons (Fsp3) is 0.133. The van der Waals surface area contributed by atoms with Crippen molar-refractivity contribution < 1.29 is 0 Å². The monoisotopic (exact) mass is 324 g/mol. The second-order valence-electron chi connectivity index (χ2n) is 4.48. The van der Waals surface area contributed by atoms with Crippen LogP contribution < -0.4 is 10.6 Å². The first-order chi connectivity index (χ1) is 9.49. The Labute approximate surface area is 134 Å². The molecule has 104 valence electrons. The van der Waals surface area contributed by atoms with Crippen molar-refractivity contribution in [2.45, 2.75) is 6.54 Å². The summed E-state index contributed by atoms with van der Waals surface area (Å²) in [5.74, 6) is 0. The number of anilines is 1.